The lowest BCUT2D eigenvalue weighted by atomic mass is 10.0. The maximum Gasteiger partial charge on any atom is 0.278 e. The Kier molecular flexibility index (Phi) is 5.14. The van der Waals surface area contributed by atoms with Crippen molar-refractivity contribution in [3.63, 3.8) is 0 Å². The number of halogens is 3. The van der Waals surface area contributed by atoms with E-state index in [2.05, 4.69) is 5.32 Å². The predicted octanol–water partition coefficient (Wildman–Crippen LogP) is 1.82. The number of fused-ring (bicyclic) bond motifs is 1. The summed E-state index contributed by atoms with van der Waals surface area (Å²) in [6, 6.07) is 0.949. The van der Waals surface area contributed by atoms with Crippen molar-refractivity contribution in [2.24, 2.45) is 0 Å². The SMILES string of the molecule is CN1C(=O)c2c(O)c(=O)c(C(=O)NCc3c(F)cc(F)cc3F)cn2N(C)C12CCCC2. The largest absolute Gasteiger partial charge is 0.502 e. The van der Waals surface area contributed by atoms with E-state index in [9.17, 15) is 32.7 Å². The minimum absolute atomic E-state index is 0.273. The summed E-state index contributed by atoms with van der Waals surface area (Å²) in [7, 11) is 3.29. The van der Waals surface area contributed by atoms with E-state index in [1.165, 1.54) is 9.58 Å². The third-order valence-electron chi connectivity index (χ3n) is 6.40. The fourth-order valence-electron chi connectivity index (χ4n) is 4.56. The molecule has 1 aliphatic carbocycles. The van der Waals surface area contributed by atoms with Crippen LogP contribution in [-0.4, -0.2) is 46.3 Å². The highest BCUT2D eigenvalue weighted by Gasteiger charge is 2.49. The number of nitrogens with zero attached hydrogens (tertiary/aromatic N) is 3. The molecule has 2 N–H and O–H groups in total. The Hall–Kier alpha value is -3.50. The number of carbonyl (C=O) groups excluding carboxylic acids is 2. The maximum atomic E-state index is 13.8. The first-order valence-corrected chi connectivity index (χ1v) is 10.0. The van der Waals surface area contributed by atoms with Gasteiger partial charge in [-0.2, -0.15) is 0 Å². The highest BCUT2D eigenvalue weighted by Crippen LogP contribution is 2.40. The zero-order valence-electron chi connectivity index (χ0n) is 17.4. The lowest BCUT2D eigenvalue weighted by molar-refractivity contribution is 0.0404. The molecule has 0 atom stereocenters. The van der Waals surface area contributed by atoms with Crippen LogP contribution in [0.4, 0.5) is 13.2 Å². The Morgan fingerprint density at radius 1 is 1.12 bits per heavy atom. The number of nitrogens with one attached hydrogen (secondary N) is 1. The highest BCUT2D eigenvalue weighted by molar-refractivity contribution is 5.99. The van der Waals surface area contributed by atoms with E-state index in [1.807, 2.05) is 0 Å². The van der Waals surface area contributed by atoms with Crippen LogP contribution in [0.5, 0.6) is 5.75 Å². The molecule has 2 aliphatic rings. The van der Waals surface area contributed by atoms with Gasteiger partial charge < -0.3 is 15.3 Å². The van der Waals surface area contributed by atoms with E-state index >= 15 is 0 Å². The van der Waals surface area contributed by atoms with Gasteiger partial charge in [0.05, 0.1) is 0 Å². The number of hydrogen-bond acceptors (Lipinski definition) is 5. The fourth-order valence-corrected chi connectivity index (χ4v) is 4.56. The molecule has 2 amide bonds. The second-order valence-electron chi connectivity index (χ2n) is 8.02. The molecule has 1 aromatic carbocycles. The van der Waals surface area contributed by atoms with Gasteiger partial charge in [-0.15, -0.1) is 0 Å². The molecule has 2 heterocycles. The molecule has 32 heavy (non-hydrogen) atoms. The first-order chi connectivity index (χ1) is 15.1. The van der Waals surface area contributed by atoms with Crippen LogP contribution < -0.4 is 15.8 Å². The molecule has 1 fully saturated rings. The topological polar surface area (TPSA) is 94.9 Å². The lowest BCUT2D eigenvalue weighted by Crippen LogP contribution is -2.67. The van der Waals surface area contributed by atoms with Crippen LogP contribution in [0.1, 0.15) is 52.1 Å². The van der Waals surface area contributed by atoms with Gasteiger partial charge in [-0.05, 0) is 25.7 Å². The second kappa shape index (κ2) is 7.57. The molecule has 1 aliphatic heterocycles. The number of hydrogen-bond donors (Lipinski definition) is 2. The third kappa shape index (κ3) is 3.10. The van der Waals surface area contributed by atoms with Crippen LogP contribution in [0.2, 0.25) is 0 Å². The normalized spacial score (nSPS) is 17.1. The fraction of sp³-hybridized carbons (Fsp3) is 0.381. The maximum absolute atomic E-state index is 13.8. The highest BCUT2D eigenvalue weighted by atomic mass is 19.1. The Morgan fingerprint density at radius 2 is 1.72 bits per heavy atom. The van der Waals surface area contributed by atoms with Crippen molar-refractivity contribution in [1.29, 1.82) is 0 Å². The summed E-state index contributed by atoms with van der Waals surface area (Å²) in [4.78, 5) is 39.7. The number of aromatic hydroxyl groups is 1. The number of benzene rings is 1. The van der Waals surface area contributed by atoms with E-state index in [4.69, 9.17) is 0 Å². The summed E-state index contributed by atoms with van der Waals surface area (Å²) in [6.07, 6.45) is 4.23. The van der Waals surface area contributed by atoms with Crippen molar-refractivity contribution < 1.29 is 27.9 Å². The van der Waals surface area contributed by atoms with Crippen LogP contribution in [-0.2, 0) is 6.54 Å². The average molecular weight is 450 g/mol. The monoisotopic (exact) mass is 450 g/mol. The zero-order chi connectivity index (χ0) is 23.4. The zero-order valence-corrected chi connectivity index (χ0v) is 17.4. The van der Waals surface area contributed by atoms with Gasteiger partial charge in [-0.3, -0.25) is 24.1 Å². The number of carbonyl (C=O) groups is 2. The predicted molar refractivity (Wildman–Crippen MR) is 107 cm³/mol. The molecule has 8 nitrogen and oxygen atoms in total. The van der Waals surface area contributed by atoms with Crippen LogP contribution in [0.15, 0.2) is 23.1 Å². The minimum Gasteiger partial charge on any atom is -0.502 e. The number of amides is 2. The van der Waals surface area contributed by atoms with Crippen molar-refractivity contribution >= 4 is 11.8 Å². The minimum atomic E-state index is -1.19. The molecule has 1 aromatic heterocycles. The first-order valence-electron chi connectivity index (χ1n) is 10.0. The number of pyridine rings is 1. The van der Waals surface area contributed by atoms with Gasteiger partial charge in [0.25, 0.3) is 11.8 Å². The van der Waals surface area contributed by atoms with Gasteiger partial charge in [0, 0.05) is 44.5 Å². The summed E-state index contributed by atoms with van der Waals surface area (Å²) in [5.41, 5.74) is -3.12. The summed E-state index contributed by atoms with van der Waals surface area (Å²) in [5.74, 6) is -5.94. The molecule has 0 unspecified atom stereocenters. The average Bonchev–Trinajstić information content (AvgIpc) is 3.23. The molecular weight excluding hydrogens is 429 g/mol. The van der Waals surface area contributed by atoms with Crippen molar-refractivity contribution in [1.82, 2.24) is 14.9 Å². The molecule has 0 bridgehead atoms. The van der Waals surface area contributed by atoms with Crippen molar-refractivity contribution in [3.05, 3.63) is 62.8 Å². The Labute approximate surface area is 180 Å². The molecule has 11 heteroatoms. The van der Waals surface area contributed by atoms with Crippen LogP contribution in [0.25, 0.3) is 0 Å². The van der Waals surface area contributed by atoms with Gasteiger partial charge in [0.1, 0.15) is 28.7 Å². The van der Waals surface area contributed by atoms with Gasteiger partial charge in [0.2, 0.25) is 5.43 Å². The van der Waals surface area contributed by atoms with Crippen molar-refractivity contribution in [2.75, 3.05) is 19.1 Å². The Bertz CT molecular complexity index is 1170. The van der Waals surface area contributed by atoms with E-state index in [0.29, 0.717) is 25.0 Å². The number of rotatable bonds is 3. The molecule has 0 radical (unpaired) electrons. The van der Waals surface area contributed by atoms with Crippen LogP contribution in [0, 0.1) is 17.5 Å². The van der Waals surface area contributed by atoms with Crippen LogP contribution >= 0.6 is 0 Å². The quantitative estimate of drug-likeness (QED) is 0.744. The summed E-state index contributed by atoms with van der Waals surface area (Å²) >= 11 is 0. The molecule has 4 rings (SSSR count). The second-order valence-corrected chi connectivity index (χ2v) is 8.02. The summed E-state index contributed by atoms with van der Waals surface area (Å²) in [6.45, 7) is -0.653. The third-order valence-corrected chi connectivity index (χ3v) is 6.40. The summed E-state index contributed by atoms with van der Waals surface area (Å²) < 4.78 is 42.0. The van der Waals surface area contributed by atoms with E-state index in [1.54, 1.807) is 19.1 Å². The van der Waals surface area contributed by atoms with E-state index in [0.717, 1.165) is 19.0 Å². The smallest absolute Gasteiger partial charge is 0.278 e. The van der Waals surface area contributed by atoms with Gasteiger partial charge in [0.15, 0.2) is 11.4 Å². The Balaban J connectivity index is 1.71. The molecule has 0 saturated heterocycles. The molecule has 170 valence electrons. The Morgan fingerprint density at radius 3 is 2.31 bits per heavy atom. The lowest BCUT2D eigenvalue weighted by Gasteiger charge is -2.51. The molecule has 1 spiro atoms. The standard InChI is InChI=1S/C21H21F3N4O4/c1-26-20(32)16-18(30)17(29)13(10-28(16)27(2)21(26)5-3-4-6-21)19(31)25-9-12-14(23)7-11(22)8-15(12)24/h7-8,10,30H,3-6,9H2,1-2H3,(H,25,31). The van der Waals surface area contributed by atoms with Crippen molar-refractivity contribution in [2.45, 2.75) is 37.9 Å². The summed E-state index contributed by atoms with van der Waals surface area (Å²) in [5, 5.41) is 14.4. The van der Waals surface area contributed by atoms with Gasteiger partial charge in [-0.1, -0.05) is 0 Å². The molecule has 1 saturated carbocycles. The van der Waals surface area contributed by atoms with Crippen LogP contribution in [0.3, 0.4) is 0 Å². The number of aromatic nitrogens is 1. The first kappa shape index (κ1) is 21.7. The van der Waals surface area contributed by atoms with Gasteiger partial charge in [-0.25, -0.2) is 13.2 Å². The molecular formula is C21H21F3N4O4. The van der Waals surface area contributed by atoms with E-state index < -0.39 is 63.8 Å². The van der Waals surface area contributed by atoms with Crippen molar-refractivity contribution in [3.8, 4) is 5.75 Å². The van der Waals surface area contributed by atoms with E-state index in [-0.39, 0.29) is 5.69 Å². The molecule has 2 aromatic rings. The van der Waals surface area contributed by atoms with Gasteiger partial charge >= 0.3 is 0 Å².